The van der Waals surface area contributed by atoms with E-state index in [1.807, 2.05) is 0 Å². The van der Waals surface area contributed by atoms with Crippen LogP contribution in [0.2, 0.25) is 0 Å². The highest BCUT2D eigenvalue weighted by Crippen LogP contribution is 2.15. The monoisotopic (exact) mass is 177 g/mol. The molecular formula is C6H11NO3S. The van der Waals surface area contributed by atoms with E-state index >= 15 is 0 Å². The van der Waals surface area contributed by atoms with Crippen molar-refractivity contribution in [1.29, 1.82) is 0 Å². The molecule has 0 saturated heterocycles. The summed E-state index contributed by atoms with van der Waals surface area (Å²) in [5.41, 5.74) is 0.610. The lowest BCUT2D eigenvalue weighted by Crippen LogP contribution is -2.07. The van der Waals surface area contributed by atoms with Crippen molar-refractivity contribution in [3.63, 3.8) is 0 Å². The lowest BCUT2D eigenvalue weighted by atomic mass is 9.99. The maximum absolute atomic E-state index is 10.3. The third-order valence-corrected chi connectivity index (χ3v) is 2.16. The lowest BCUT2D eigenvalue weighted by Gasteiger charge is -2.10. The van der Waals surface area contributed by atoms with E-state index in [-0.39, 0.29) is 0 Å². The number of nitrogens with zero attached hydrogens (tertiary/aromatic N) is 1. The van der Waals surface area contributed by atoms with E-state index in [0.717, 1.165) is 19.3 Å². The predicted octanol–water partition coefficient (Wildman–Crippen LogP) is 1.19. The van der Waals surface area contributed by atoms with Crippen molar-refractivity contribution in [2.24, 2.45) is 4.40 Å². The molecule has 0 atom stereocenters. The van der Waals surface area contributed by atoms with Gasteiger partial charge in [0.25, 0.3) is 0 Å². The van der Waals surface area contributed by atoms with Crippen LogP contribution in [-0.2, 0) is 10.3 Å². The minimum atomic E-state index is -4.14. The van der Waals surface area contributed by atoms with Gasteiger partial charge in [-0.3, -0.25) is 4.55 Å². The van der Waals surface area contributed by atoms with E-state index in [9.17, 15) is 8.42 Å². The second kappa shape index (κ2) is 3.32. The van der Waals surface area contributed by atoms with Gasteiger partial charge in [0, 0.05) is 5.71 Å². The van der Waals surface area contributed by atoms with E-state index in [1.165, 1.54) is 0 Å². The molecule has 0 amide bonds. The van der Waals surface area contributed by atoms with Crippen LogP contribution in [0.1, 0.15) is 32.1 Å². The van der Waals surface area contributed by atoms with Gasteiger partial charge >= 0.3 is 10.3 Å². The Hall–Kier alpha value is -0.420. The van der Waals surface area contributed by atoms with Crippen LogP contribution >= 0.6 is 0 Å². The smallest absolute Gasteiger partial charge is 0.268 e. The van der Waals surface area contributed by atoms with E-state index in [4.69, 9.17) is 4.55 Å². The first kappa shape index (κ1) is 8.67. The molecule has 0 bridgehead atoms. The third kappa shape index (κ3) is 3.48. The molecule has 1 aliphatic carbocycles. The first-order chi connectivity index (χ1) is 5.08. The average molecular weight is 177 g/mol. The fourth-order valence-electron chi connectivity index (χ4n) is 1.21. The molecule has 1 fully saturated rings. The summed E-state index contributed by atoms with van der Waals surface area (Å²) in [5.74, 6) is 0. The molecule has 0 aromatic carbocycles. The van der Waals surface area contributed by atoms with Gasteiger partial charge in [0.1, 0.15) is 0 Å². The molecule has 0 radical (unpaired) electrons. The summed E-state index contributed by atoms with van der Waals surface area (Å²) < 4.78 is 32.1. The zero-order valence-electron chi connectivity index (χ0n) is 6.15. The van der Waals surface area contributed by atoms with Gasteiger partial charge in [-0.05, 0) is 25.7 Å². The van der Waals surface area contributed by atoms with E-state index in [1.54, 1.807) is 0 Å². The molecule has 1 rings (SSSR count). The van der Waals surface area contributed by atoms with Crippen LogP contribution in [0.4, 0.5) is 0 Å². The normalized spacial score (nSPS) is 19.9. The Kier molecular flexibility index (Phi) is 2.62. The highest BCUT2D eigenvalue weighted by molar-refractivity contribution is 7.84. The maximum Gasteiger partial charge on any atom is 0.378 e. The molecule has 1 N–H and O–H groups in total. The van der Waals surface area contributed by atoms with Gasteiger partial charge in [-0.2, -0.15) is 8.42 Å². The van der Waals surface area contributed by atoms with Crippen LogP contribution in [0.3, 0.4) is 0 Å². The molecule has 64 valence electrons. The van der Waals surface area contributed by atoms with Crippen LogP contribution in [0.15, 0.2) is 4.40 Å². The second-order valence-corrected chi connectivity index (χ2v) is 3.74. The average Bonchev–Trinajstić information content (AvgIpc) is 1.85. The lowest BCUT2D eigenvalue weighted by molar-refractivity contribution is 0.484. The van der Waals surface area contributed by atoms with Crippen molar-refractivity contribution in [1.82, 2.24) is 0 Å². The second-order valence-electron chi connectivity index (χ2n) is 2.67. The summed E-state index contributed by atoms with van der Waals surface area (Å²) in [6.45, 7) is 0. The van der Waals surface area contributed by atoms with Crippen molar-refractivity contribution in [2.75, 3.05) is 0 Å². The van der Waals surface area contributed by atoms with Gasteiger partial charge in [-0.25, -0.2) is 0 Å². The Bertz CT molecular complexity index is 247. The van der Waals surface area contributed by atoms with Gasteiger partial charge < -0.3 is 0 Å². The maximum atomic E-state index is 10.3. The zero-order chi connectivity index (χ0) is 8.32. The molecule has 0 aliphatic heterocycles. The largest absolute Gasteiger partial charge is 0.378 e. The number of rotatable bonds is 1. The molecule has 4 nitrogen and oxygen atoms in total. The molecular weight excluding hydrogens is 166 g/mol. The zero-order valence-corrected chi connectivity index (χ0v) is 6.97. The van der Waals surface area contributed by atoms with E-state index in [2.05, 4.69) is 4.40 Å². The van der Waals surface area contributed by atoms with Crippen molar-refractivity contribution in [2.45, 2.75) is 32.1 Å². The minimum absolute atomic E-state index is 0.610. The van der Waals surface area contributed by atoms with Crippen molar-refractivity contribution >= 4 is 16.0 Å². The fourth-order valence-corrected chi connectivity index (χ4v) is 1.72. The molecule has 1 aliphatic rings. The van der Waals surface area contributed by atoms with Crippen molar-refractivity contribution in [3.05, 3.63) is 0 Å². The fraction of sp³-hybridized carbons (Fsp3) is 0.833. The summed E-state index contributed by atoms with van der Waals surface area (Å²) in [5, 5.41) is 0. The Morgan fingerprint density at radius 1 is 1.18 bits per heavy atom. The van der Waals surface area contributed by atoms with Gasteiger partial charge in [0.2, 0.25) is 0 Å². The van der Waals surface area contributed by atoms with Crippen LogP contribution in [0.25, 0.3) is 0 Å². The Balaban J connectivity index is 2.65. The summed E-state index contributed by atoms with van der Waals surface area (Å²) in [7, 11) is -4.14. The Morgan fingerprint density at radius 3 is 2.18 bits per heavy atom. The number of hydrogen-bond donors (Lipinski definition) is 1. The molecule has 11 heavy (non-hydrogen) atoms. The van der Waals surface area contributed by atoms with Gasteiger partial charge in [0.05, 0.1) is 0 Å². The van der Waals surface area contributed by atoms with Crippen LogP contribution in [-0.4, -0.2) is 18.7 Å². The minimum Gasteiger partial charge on any atom is -0.268 e. The first-order valence-electron chi connectivity index (χ1n) is 3.63. The molecule has 5 heteroatoms. The van der Waals surface area contributed by atoms with Crippen molar-refractivity contribution in [3.8, 4) is 0 Å². The van der Waals surface area contributed by atoms with Crippen LogP contribution in [0.5, 0.6) is 0 Å². The molecule has 0 aromatic rings. The highest BCUT2D eigenvalue weighted by atomic mass is 32.2. The quantitative estimate of drug-likeness (QED) is 0.612. The number of hydrogen-bond acceptors (Lipinski definition) is 2. The molecule has 0 aromatic heterocycles. The molecule has 0 spiro atoms. The van der Waals surface area contributed by atoms with Crippen LogP contribution < -0.4 is 0 Å². The van der Waals surface area contributed by atoms with E-state index < -0.39 is 10.3 Å². The molecule has 1 saturated carbocycles. The van der Waals surface area contributed by atoms with Gasteiger partial charge in [-0.15, -0.1) is 4.40 Å². The molecule has 0 unspecified atom stereocenters. The van der Waals surface area contributed by atoms with Gasteiger partial charge in [0.15, 0.2) is 0 Å². The first-order valence-corrected chi connectivity index (χ1v) is 5.03. The summed E-state index contributed by atoms with van der Waals surface area (Å²) >= 11 is 0. The SMILES string of the molecule is O=S(=O)(O)N=C1CCCCC1. The Labute approximate surface area is 66.2 Å². The third-order valence-electron chi connectivity index (χ3n) is 1.68. The summed E-state index contributed by atoms with van der Waals surface area (Å²) in [6, 6.07) is 0. The van der Waals surface area contributed by atoms with Crippen LogP contribution in [0, 0.1) is 0 Å². The Morgan fingerprint density at radius 2 is 1.73 bits per heavy atom. The van der Waals surface area contributed by atoms with Crippen molar-refractivity contribution < 1.29 is 13.0 Å². The topological polar surface area (TPSA) is 66.7 Å². The molecule has 0 heterocycles. The summed E-state index contributed by atoms with van der Waals surface area (Å²) in [6.07, 6.45) is 4.51. The predicted molar refractivity (Wildman–Crippen MR) is 42.1 cm³/mol. The standard InChI is InChI=1S/C6H11NO3S/c8-11(9,10)7-6-4-2-1-3-5-6/h1-5H2,(H,8,9,10). The van der Waals surface area contributed by atoms with E-state index in [0.29, 0.717) is 18.6 Å². The highest BCUT2D eigenvalue weighted by Gasteiger charge is 2.09. The van der Waals surface area contributed by atoms with Gasteiger partial charge in [-0.1, -0.05) is 6.42 Å². The summed E-state index contributed by atoms with van der Waals surface area (Å²) in [4.78, 5) is 0.